The van der Waals surface area contributed by atoms with E-state index in [2.05, 4.69) is 25.8 Å². The molecular formula is C27H20N6O. The van der Waals surface area contributed by atoms with Gasteiger partial charge in [-0.25, -0.2) is 4.98 Å². The predicted molar refractivity (Wildman–Crippen MR) is 132 cm³/mol. The zero-order chi connectivity index (χ0) is 22.9. The molecule has 7 nitrogen and oxygen atoms in total. The highest BCUT2D eigenvalue weighted by molar-refractivity contribution is 5.92. The van der Waals surface area contributed by atoms with Crippen LogP contribution in [-0.2, 0) is 11.2 Å². The summed E-state index contributed by atoms with van der Waals surface area (Å²) >= 11 is 0. The van der Waals surface area contributed by atoms with E-state index < -0.39 is 0 Å². The van der Waals surface area contributed by atoms with E-state index in [1.807, 2.05) is 95.6 Å². The van der Waals surface area contributed by atoms with Crippen molar-refractivity contribution < 1.29 is 4.79 Å². The molecule has 0 bridgehead atoms. The summed E-state index contributed by atoms with van der Waals surface area (Å²) < 4.78 is 2.02. The highest BCUT2D eigenvalue weighted by Gasteiger charge is 2.24. The topological polar surface area (TPSA) is 84.7 Å². The second kappa shape index (κ2) is 8.29. The minimum absolute atomic E-state index is 0.0574. The molecule has 0 spiro atoms. The van der Waals surface area contributed by atoms with Crippen LogP contribution in [0.1, 0.15) is 5.56 Å². The zero-order valence-corrected chi connectivity index (χ0v) is 18.1. The summed E-state index contributed by atoms with van der Waals surface area (Å²) in [6.45, 7) is 0. The Morgan fingerprint density at radius 3 is 2.44 bits per heavy atom. The van der Waals surface area contributed by atoms with E-state index in [0.29, 0.717) is 12.2 Å². The highest BCUT2D eigenvalue weighted by Crippen LogP contribution is 2.39. The van der Waals surface area contributed by atoms with Crippen LogP contribution in [0, 0.1) is 0 Å². The van der Waals surface area contributed by atoms with Crippen molar-refractivity contribution in [2.24, 2.45) is 0 Å². The van der Waals surface area contributed by atoms with Crippen molar-refractivity contribution in [3.8, 4) is 28.5 Å². The average molecular weight is 444 g/mol. The summed E-state index contributed by atoms with van der Waals surface area (Å²) in [5.74, 6) is 2.12. The van der Waals surface area contributed by atoms with Gasteiger partial charge in [-0.1, -0.05) is 42.5 Å². The van der Waals surface area contributed by atoms with Crippen LogP contribution in [-0.4, -0.2) is 25.7 Å². The Labute approximate surface area is 196 Å². The van der Waals surface area contributed by atoms with E-state index in [1.165, 1.54) is 0 Å². The first-order chi connectivity index (χ1) is 16.8. The summed E-state index contributed by atoms with van der Waals surface area (Å²) in [6, 6.07) is 29.2. The van der Waals surface area contributed by atoms with Gasteiger partial charge in [-0.15, -0.1) is 10.2 Å². The van der Waals surface area contributed by atoms with Gasteiger partial charge in [0, 0.05) is 23.0 Å². The van der Waals surface area contributed by atoms with E-state index in [1.54, 1.807) is 6.20 Å². The summed E-state index contributed by atoms with van der Waals surface area (Å²) in [5.41, 5.74) is 5.34. The van der Waals surface area contributed by atoms with Gasteiger partial charge in [-0.3, -0.25) is 9.36 Å². The Bertz CT molecular complexity index is 1490. The molecule has 1 aliphatic rings. The van der Waals surface area contributed by atoms with Gasteiger partial charge in [0.05, 0.1) is 17.8 Å². The molecule has 1 aliphatic heterocycles. The second-order valence-corrected chi connectivity index (χ2v) is 8.01. The van der Waals surface area contributed by atoms with Gasteiger partial charge in [-0.2, -0.15) is 0 Å². The maximum absolute atomic E-state index is 12.4. The molecule has 5 aromatic rings. The Morgan fingerprint density at radius 1 is 0.824 bits per heavy atom. The third kappa shape index (κ3) is 3.59. The highest BCUT2D eigenvalue weighted by atomic mass is 16.1. The monoisotopic (exact) mass is 444 g/mol. The Morgan fingerprint density at radius 2 is 1.59 bits per heavy atom. The second-order valence-electron chi connectivity index (χ2n) is 8.01. The van der Waals surface area contributed by atoms with Gasteiger partial charge in [-0.05, 0) is 54.1 Å². The van der Waals surface area contributed by atoms with Crippen molar-refractivity contribution in [2.45, 2.75) is 6.42 Å². The number of amides is 1. The number of nitrogens with one attached hydrogen (secondary N) is 2. The SMILES string of the molecule is O=C(Cc1ccccc1)Nc1ccc(-c2nnc3n2-c2cccnc2Nc2ccccc2-3)cc1. The van der Waals surface area contributed by atoms with Crippen molar-refractivity contribution in [3.05, 3.63) is 103 Å². The molecule has 0 aliphatic carbocycles. The fourth-order valence-electron chi connectivity index (χ4n) is 4.15. The lowest BCUT2D eigenvalue weighted by atomic mass is 10.1. The van der Waals surface area contributed by atoms with Gasteiger partial charge < -0.3 is 10.6 Å². The number of anilines is 3. The van der Waals surface area contributed by atoms with Crippen molar-refractivity contribution in [1.82, 2.24) is 19.7 Å². The molecule has 0 atom stereocenters. The normalized spacial score (nSPS) is 11.4. The van der Waals surface area contributed by atoms with Crippen LogP contribution in [0.4, 0.5) is 17.2 Å². The Kier molecular flexibility index (Phi) is 4.85. The van der Waals surface area contributed by atoms with Gasteiger partial charge in [0.25, 0.3) is 0 Å². The summed E-state index contributed by atoms with van der Waals surface area (Å²) in [4.78, 5) is 17.0. The third-order valence-corrected chi connectivity index (χ3v) is 5.75. The van der Waals surface area contributed by atoms with Crippen molar-refractivity contribution in [1.29, 1.82) is 0 Å². The molecule has 0 fully saturated rings. The van der Waals surface area contributed by atoms with Crippen molar-refractivity contribution in [2.75, 3.05) is 10.6 Å². The minimum atomic E-state index is -0.0574. The Balaban J connectivity index is 1.34. The van der Waals surface area contributed by atoms with Gasteiger partial charge in [0.2, 0.25) is 5.91 Å². The number of aromatic nitrogens is 4. The molecular weight excluding hydrogens is 424 g/mol. The fourth-order valence-corrected chi connectivity index (χ4v) is 4.15. The van der Waals surface area contributed by atoms with Gasteiger partial charge in [0.15, 0.2) is 17.5 Å². The maximum atomic E-state index is 12.4. The molecule has 3 heterocycles. The molecule has 7 heteroatoms. The quantitative estimate of drug-likeness (QED) is 0.389. The van der Waals surface area contributed by atoms with Crippen LogP contribution in [0.3, 0.4) is 0 Å². The lowest BCUT2D eigenvalue weighted by molar-refractivity contribution is -0.115. The number of nitrogens with zero attached hydrogens (tertiary/aromatic N) is 4. The lowest BCUT2D eigenvalue weighted by Crippen LogP contribution is -2.14. The number of rotatable bonds is 4. The van der Waals surface area contributed by atoms with Crippen LogP contribution in [0.5, 0.6) is 0 Å². The lowest BCUT2D eigenvalue weighted by Gasteiger charge is -2.11. The van der Waals surface area contributed by atoms with E-state index in [9.17, 15) is 4.79 Å². The third-order valence-electron chi connectivity index (χ3n) is 5.75. The number of hydrogen-bond donors (Lipinski definition) is 2. The largest absolute Gasteiger partial charge is 0.338 e. The molecule has 1 amide bonds. The maximum Gasteiger partial charge on any atom is 0.228 e. The first-order valence-corrected chi connectivity index (χ1v) is 11.0. The molecule has 0 saturated carbocycles. The molecule has 2 N–H and O–H groups in total. The van der Waals surface area contributed by atoms with E-state index >= 15 is 0 Å². The first kappa shape index (κ1) is 19.9. The molecule has 6 rings (SSSR count). The molecule has 3 aromatic carbocycles. The van der Waals surface area contributed by atoms with Crippen molar-refractivity contribution in [3.63, 3.8) is 0 Å². The van der Waals surface area contributed by atoms with Gasteiger partial charge in [0.1, 0.15) is 0 Å². The first-order valence-electron chi connectivity index (χ1n) is 11.0. The standard InChI is InChI=1S/C27H20N6O/c34-24(17-18-7-2-1-3-8-18)29-20-14-12-19(13-15-20)26-31-32-27-21-9-4-5-10-22(21)30-25-23(33(26)27)11-6-16-28-25/h1-16H,17H2,(H,28,30)(H,29,34). The van der Waals surface area contributed by atoms with E-state index in [0.717, 1.165) is 45.4 Å². The number of fused-ring (bicyclic) bond motifs is 5. The van der Waals surface area contributed by atoms with Gasteiger partial charge >= 0.3 is 0 Å². The van der Waals surface area contributed by atoms with Crippen LogP contribution in [0.2, 0.25) is 0 Å². The molecule has 164 valence electrons. The van der Waals surface area contributed by atoms with Crippen LogP contribution in [0.15, 0.2) is 97.2 Å². The fraction of sp³-hybridized carbons (Fsp3) is 0.0370. The number of hydrogen-bond acceptors (Lipinski definition) is 5. The molecule has 0 radical (unpaired) electrons. The number of para-hydroxylation sites is 1. The van der Waals surface area contributed by atoms with Crippen LogP contribution >= 0.6 is 0 Å². The Hall–Kier alpha value is -4.78. The van der Waals surface area contributed by atoms with E-state index in [4.69, 9.17) is 0 Å². The smallest absolute Gasteiger partial charge is 0.228 e. The van der Waals surface area contributed by atoms with Crippen LogP contribution < -0.4 is 10.6 Å². The van der Waals surface area contributed by atoms with Crippen molar-refractivity contribution >= 4 is 23.1 Å². The zero-order valence-electron chi connectivity index (χ0n) is 18.1. The molecule has 34 heavy (non-hydrogen) atoms. The number of benzene rings is 3. The number of pyridine rings is 1. The van der Waals surface area contributed by atoms with E-state index in [-0.39, 0.29) is 5.91 Å². The molecule has 2 aromatic heterocycles. The summed E-state index contributed by atoms with van der Waals surface area (Å²) in [7, 11) is 0. The number of carbonyl (C=O) groups excluding carboxylic acids is 1. The predicted octanol–water partition coefficient (Wildman–Crippen LogP) is 5.23. The average Bonchev–Trinajstić information content (AvgIpc) is 3.25. The molecule has 0 saturated heterocycles. The number of carbonyl (C=O) groups is 1. The summed E-state index contributed by atoms with van der Waals surface area (Å²) in [5, 5.41) is 15.4. The molecule has 0 unspecified atom stereocenters. The summed E-state index contributed by atoms with van der Waals surface area (Å²) in [6.07, 6.45) is 2.09. The van der Waals surface area contributed by atoms with Crippen LogP contribution in [0.25, 0.3) is 28.5 Å². The minimum Gasteiger partial charge on any atom is -0.338 e.